The first-order valence-electron chi connectivity index (χ1n) is 5.77. The van der Waals surface area contributed by atoms with E-state index in [2.05, 4.69) is 15.3 Å². The summed E-state index contributed by atoms with van der Waals surface area (Å²) >= 11 is 0. The minimum absolute atomic E-state index is 0. The Bertz CT molecular complexity index is 384. The molecule has 0 unspecified atom stereocenters. The van der Waals surface area contributed by atoms with Crippen LogP contribution in [0.15, 0.2) is 12.5 Å². The highest BCUT2D eigenvalue weighted by Crippen LogP contribution is 2.16. The molecule has 0 aliphatic heterocycles. The van der Waals surface area contributed by atoms with Crippen molar-refractivity contribution in [2.24, 2.45) is 0 Å². The van der Waals surface area contributed by atoms with Crippen LogP contribution < -0.4 is 5.32 Å². The summed E-state index contributed by atoms with van der Waals surface area (Å²) in [5, 5.41) is 3.02. The molecule has 1 amide bonds. The third kappa shape index (κ3) is 4.23. The maximum atomic E-state index is 12.2. The minimum atomic E-state index is -0.0236. The van der Waals surface area contributed by atoms with E-state index < -0.39 is 0 Å². The summed E-state index contributed by atoms with van der Waals surface area (Å²) in [5.74, 6) is 0.194. The van der Waals surface area contributed by atoms with Crippen molar-refractivity contribution in [2.45, 2.75) is 19.8 Å². The Labute approximate surface area is 114 Å². The fraction of sp³-hybridized carbons (Fsp3) is 0.583. The zero-order valence-corrected chi connectivity index (χ0v) is 12.1. The van der Waals surface area contributed by atoms with Gasteiger partial charge < -0.3 is 10.2 Å². The summed E-state index contributed by atoms with van der Waals surface area (Å²) in [4.78, 5) is 22.0. The van der Waals surface area contributed by atoms with Crippen LogP contribution in [0.5, 0.6) is 0 Å². The molecule has 0 fully saturated rings. The lowest BCUT2D eigenvalue weighted by Gasteiger charge is -2.18. The summed E-state index contributed by atoms with van der Waals surface area (Å²) in [6, 6.07) is 0. The fourth-order valence-corrected chi connectivity index (χ4v) is 1.55. The van der Waals surface area contributed by atoms with E-state index in [-0.39, 0.29) is 24.2 Å². The van der Waals surface area contributed by atoms with Gasteiger partial charge in [0.05, 0.1) is 11.3 Å². The van der Waals surface area contributed by atoms with E-state index in [1.807, 2.05) is 20.9 Å². The summed E-state index contributed by atoms with van der Waals surface area (Å²) in [7, 11) is 3.65. The van der Waals surface area contributed by atoms with Gasteiger partial charge in [-0.1, -0.05) is 13.8 Å². The Kier molecular flexibility index (Phi) is 7.47. The molecule has 1 aromatic rings. The number of nitrogens with zero attached hydrogens (tertiary/aromatic N) is 3. The Morgan fingerprint density at radius 1 is 1.50 bits per heavy atom. The van der Waals surface area contributed by atoms with Crippen LogP contribution in [0.3, 0.4) is 0 Å². The number of nitrogens with one attached hydrogen (secondary N) is 1. The topological polar surface area (TPSA) is 58.1 Å². The highest BCUT2D eigenvalue weighted by molar-refractivity contribution is 5.94. The van der Waals surface area contributed by atoms with Gasteiger partial charge in [-0.15, -0.1) is 12.4 Å². The van der Waals surface area contributed by atoms with E-state index in [0.717, 1.165) is 12.2 Å². The van der Waals surface area contributed by atoms with Gasteiger partial charge in [-0.3, -0.25) is 4.79 Å². The van der Waals surface area contributed by atoms with Crippen LogP contribution in [-0.2, 0) is 0 Å². The lowest BCUT2D eigenvalue weighted by atomic mass is 10.0. The number of amides is 1. The molecule has 1 rings (SSSR count). The molecule has 0 bridgehead atoms. The second kappa shape index (κ2) is 8.00. The zero-order valence-electron chi connectivity index (χ0n) is 11.3. The van der Waals surface area contributed by atoms with E-state index in [1.54, 1.807) is 18.1 Å². The highest BCUT2D eigenvalue weighted by atomic mass is 35.5. The molecule has 0 saturated carbocycles. The van der Waals surface area contributed by atoms with Gasteiger partial charge in [-0.05, 0) is 13.0 Å². The van der Waals surface area contributed by atoms with Gasteiger partial charge in [0.1, 0.15) is 6.33 Å². The average molecular weight is 273 g/mol. The van der Waals surface area contributed by atoms with Crippen LogP contribution in [0, 0.1) is 0 Å². The Balaban J connectivity index is 0.00000289. The van der Waals surface area contributed by atoms with Crippen molar-refractivity contribution in [1.82, 2.24) is 20.2 Å². The molecule has 0 aliphatic carbocycles. The van der Waals surface area contributed by atoms with Crippen LogP contribution in [0.4, 0.5) is 0 Å². The molecule has 1 heterocycles. The third-order valence-corrected chi connectivity index (χ3v) is 2.56. The van der Waals surface area contributed by atoms with Crippen LogP contribution in [-0.4, -0.2) is 48.0 Å². The lowest BCUT2D eigenvalue weighted by molar-refractivity contribution is 0.0794. The second-order valence-electron chi connectivity index (χ2n) is 4.31. The molecular weight excluding hydrogens is 252 g/mol. The van der Waals surface area contributed by atoms with Crippen molar-refractivity contribution in [2.75, 3.05) is 27.2 Å². The summed E-state index contributed by atoms with van der Waals surface area (Å²) in [6.45, 7) is 5.48. The van der Waals surface area contributed by atoms with Crippen LogP contribution in [0.25, 0.3) is 0 Å². The molecule has 0 aliphatic rings. The molecule has 0 spiro atoms. The number of hydrogen-bond donors (Lipinski definition) is 1. The third-order valence-electron chi connectivity index (χ3n) is 2.56. The number of rotatable bonds is 5. The predicted molar refractivity (Wildman–Crippen MR) is 74.3 cm³/mol. The highest BCUT2D eigenvalue weighted by Gasteiger charge is 2.18. The monoisotopic (exact) mass is 272 g/mol. The Hall–Kier alpha value is -1.20. The normalized spacial score (nSPS) is 10.1. The van der Waals surface area contributed by atoms with Crippen molar-refractivity contribution in [3.05, 3.63) is 23.8 Å². The maximum Gasteiger partial charge on any atom is 0.257 e. The lowest BCUT2D eigenvalue weighted by Crippen LogP contribution is -2.33. The average Bonchev–Trinajstić information content (AvgIpc) is 2.34. The Morgan fingerprint density at radius 2 is 2.17 bits per heavy atom. The van der Waals surface area contributed by atoms with E-state index >= 15 is 0 Å². The number of likely N-dealkylation sites (N-methyl/N-ethyl adjacent to an activating group) is 2. The van der Waals surface area contributed by atoms with Gasteiger partial charge in [0.2, 0.25) is 0 Å². The molecular formula is C12H21ClN4O. The molecule has 1 aromatic heterocycles. The first kappa shape index (κ1) is 16.8. The van der Waals surface area contributed by atoms with Crippen molar-refractivity contribution in [1.29, 1.82) is 0 Å². The summed E-state index contributed by atoms with van der Waals surface area (Å²) < 4.78 is 0. The van der Waals surface area contributed by atoms with Crippen LogP contribution in [0.2, 0.25) is 0 Å². The van der Waals surface area contributed by atoms with Gasteiger partial charge in [0.15, 0.2) is 0 Å². The van der Waals surface area contributed by atoms with Crippen LogP contribution >= 0.6 is 12.4 Å². The molecule has 5 nitrogen and oxygen atoms in total. The van der Waals surface area contributed by atoms with Crippen molar-refractivity contribution in [3.63, 3.8) is 0 Å². The molecule has 102 valence electrons. The largest absolute Gasteiger partial charge is 0.340 e. The van der Waals surface area contributed by atoms with Crippen molar-refractivity contribution < 1.29 is 4.79 Å². The number of aromatic nitrogens is 2. The molecule has 0 radical (unpaired) electrons. The molecule has 18 heavy (non-hydrogen) atoms. The van der Waals surface area contributed by atoms with Gasteiger partial charge in [0, 0.05) is 26.3 Å². The molecule has 0 aromatic carbocycles. The number of carbonyl (C=O) groups is 1. The summed E-state index contributed by atoms with van der Waals surface area (Å²) in [5.41, 5.74) is 1.41. The van der Waals surface area contributed by atoms with Crippen LogP contribution in [0.1, 0.15) is 35.8 Å². The number of carbonyl (C=O) groups excluding carboxylic acids is 1. The molecule has 0 atom stereocenters. The molecule has 6 heteroatoms. The molecule has 1 N–H and O–H groups in total. The second-order valence-corrected chi connectivity index (χ2v) is 4.31. The van der Waals surface area contributed by atoms with E-state index in [1.165, 1.54) is 6.33 Å². The van der Waals surface area contributed by atoms with Gasteiger partial charge >= 0.3 is 0 Å². The standard InChI is InChI=1S/C12H20N4O.ClH/c1-9(2)11-10(7-14-8-15-11)12(17)16(4)6-5-13-3;/h7-9,13H,5-6H2,1-4H3;1H. The van der Waals surface area contributed by atoms with Gasteiger partial charge in [0.25, 0.3) is 5.91 Å². The minimum Gasteiger partial charge on any atom is -0.340 e. The van der Waals surface area contributed by atoms with Gasteiger partial charge in [-0.2, -0.15) is 0 Å². The summed E-state index contributed by atoms with van der Waals surface area (Å²) in [6.07, 6.45) is 3.08. The number of halogens is 1. The quantitative estimate of drug-likeness (QED) is 0.878. The maximum absolute atomic E-state index is 12.2. The molecule has 0 saturated heterocycles. The van der Waals surface area contributed by atoms with Gasteiger partial charge in [-0.25, -0.2) is 9.97 Å². The predicted octanol–water partition coefficient (Wildman–Crippen LogP) is 1.31. The van der Waals surface area contributed by atoms with E-state index in [0.29, 0.717) is 12.1 Å². The zero-order chi connectivity index (χ0) is 12.8. The first-order valence-corrected chi connectivity index (χ1v) is 5.77. The van der Waals surface area contributed by atoms with E-state index in [9.17, 15) is 4.79 Å². The fourth-order valence-electron chi connectivity index (χ4n) is 1.55. The van der Waals surface area contributed by atoms with Crippen molar-refractivity contribution >= 4 is 18.3 Å². The smallest absolute Gasteiger partial charge is 0.257 e. The van der Waals surface area contributed by atoms with E-state index in [4.69, 9.17) is 0 Å². The number of hydrogen-bond acceptors (Lipinski definition) is 4. The SMILES string of the molecule is CNCCN(C)C(=O)c1cncnc1C(C)C.Cl. The Morgan fingerprint density at radius 3 is 2.72 bits per heavy atom. The first-order chi connectivity index (χ1) is 8.07. The van der Waals surface area contributed by atoms with Crippen molar-refractivity contribution in [3.8, 4) is 0 Å².